The van der Waals surface area contributed by atoms with E-state index in [0.717, 1.165) is 12.2 Å². The van der Waals surface area contributed by atoms with Crippen LogP contribution in [0.4, 0.5) is 0 Å². The number of halogens is 1. The molecule has 0 spiro atoms. The summed E-state index contributed by atoms with van der Waals surface area (Å²) in [5.41, 5.74) is 1.24. The standard InChI is InChI=1S/C12H12BrN3O/c1-17-10-7-9(8-5-3-2-4-6-8)16-11(10)14-12(13)15-16/h2-6,9-10H,7H2,1H3/t9-,10-/m0/s1. The normalized spacial score (nSPS) is 22.7. The quantitative estimate of drug-likeness (QED) is 0.855. The third kappa shape index (κ3) is 1.79. The van der Waals surface area contributed by atoms with Crippen LogP contribution in [0.15, 0.2) is 35.1 Å². The molecule has 1 aromatic heterocycles. The van der Waals surface area contributed by atoms with Crippen molar-refractivity contribution in [3.63, 3.8) is 0 Å². The number of fused-ring (bicyclic) bond motifs is 1. The number of hydrogen-bond acceptors (Lipinski definition) is 3. The van der Waals surface area contributed by atoms with E-state index < -0.39 is 0 Å². The topological polar surface area (TPSA) is 39.9 Å². The Kier molecular flexibility index (Phi) is 2.72. The lowest BCUT2D eigenvalue weighted by Gasteiger charge is -2.11. The first-order chi connectivity index (χ1) is 8.29. The van der Waals surface area contributed by atoms with Crippen molar-refractivity contribution in [2.75, 3.05) is 7.11 Å². The van der Waals surface area contributed by atoms with Gasteiger partial charge in [-0.1, -0.05) is 30.3 Å². The molecule has 2 heterocycles. The Hall–Kier alpha value is -1.20. The van der Waals surface area contributed by atoms with Gasteiger partial charge in [-0.2, -0.15) is 0 Å². The van der Waals surface area contributed by atoms with Crippen LogP contribution >= 0.6 is 15.9 Å². The van der Waals surface area contributed by atoms with Gasteiger partial charge in [0.05, 0.1) is 6.04 Å². The van der Waals surface area contributed by atoms with Crippen LogP contribution in [-0.4, -0.2) is 21.9 Å². The third-order valence-corrected chi connectivity index (χ3v) is 3.46. The van der Waals surface area contributed by atoms with Crippen LogP contribution in [0.25, 0.3) is 0 Å². The molecule has 0 unspecified atom stereocenters. The van der Waals surface area contributed by atoms with Gasteiger partial charge >= 0.3 is 0 Å². The van der Waals surface area contributed by atoms with Gasteiger partial charge in [-0.25, -0.2) is 9.67 Å². The van der Waals surface area contributed by atoms with E-state index in [2.05, 4.69) is 38.1 Å². The second kappa shape index (κ2) is 4.23. The number of benzene rings is 1. The van der Waals surface area contributed by atoms with Crippen LogP contribution in [-0.2, 0) is 4.74 Å². The van der Waals surface area contributed by atoms with E-state index >= 15 is 0 Å². The molecular formula is C12H12BrN3O. The number of nitrogens with zero attached hydrogens (tertiary/aromatic N) is 3. The summed E-state index contributed by atoms with van der Waals surface area (Å²) in [4.78, 5) is 4.36. The minimum atomic E-state index is 0.0269. The summed E-state index contributed by atoms with van der Waals surface area (Å²) >= 11 is 3.32. The van der Waals surface area contributed by atoms with E-state index in [1.807, 2.05) is 22.9 Å². The van der Waals surface area contributed by atoms with E-state index in [0.29, 0.717) is 4.73 Å². The largest absolute Gasteiger partial charge is 0.373 e. The van der Waals surface area contributed by atoms with Gasteiger partial charge in [-0.15, -0.1) is 5.10 Å². The Balaban J connectivity index is 2.04. The van der Waals surface area contributed by atoms with E-state index in [-0.39, 0.29) is 12.1 Å². The maximum Gasteiger partial charge on any atom is 0.217 e. The molecule has 0 aliphatic carbocycles. The summed E-state index contributed by atoms with van der Waals surface area (Å²) < 4.78 is 8.03. The minimum absolute atomic E-state index is 0.0269. The van der Waals surface area contributed by atoms with E-state index in [1.165, 1.54) is 5.56 Å². The van der Waals surface area contributed by atoms with Crippen LogP contribution in [0.2, 0.25) is 0 Å². The lowest BCUT2D eigenvalue weighted by Crippen LogP contribution is -2.07. The van der Waals surface area contributed by atoms with Gasteiger partial charge in [-0.3, -0.25) is 0 Å². The molecule has 0 saturated heterocycles. The SMILES string of the molecule is CO[C@H]1C[C@@H](c2ccccc2)n2nc(Br)nc21. The molecule has 2 aromatic rings. The Morgan fingerprint density at radius 3 is 2.82 bits per heavy atom. The van der Waals surface area contributed by atoms with Gasteiger partial charge in [-0.05, 0) is 21.5 Å². The molecule has 1 aromatic carbocycles. The molecule has 0 N–H and O–H groups in total. The van der Waals surface area contributed by atoms with Crippen LogP contribution in [0.5, 0.6) is 0 Å². The first-order valence-corrected chi connectivity index (χ1v) is 6.28. The second-order valence-electron chi connectivity index (χ2n) is 4.07. The van der Waals surface area contributed by atoms with Gasteiger partial charge in [0.15, 0.2) is 5.82 Å². The number of rotatable bonds is 2. The molecule has 0 saturated carbocycles. The van der Waals surface area contributed by atoms with Crippen LogP contribution in [0.3, 0.4) is 0 Å². The second-order valence-corrected chi connectivity index (χ2v) is 4.78. The van der Waals surface area contributed by atoms with Crippen molar-refractivity contribution in [2.24, 2.45) is 0 Å². The molecule has 0 fully saturated rings. The van der Waals surface area contributed by atoms with E-state index in [4.69, 9.17) is 4.74 Å². The van der Waals surface area contributed by atoms with Gasteiger partial charge in [0.2, 0.25) is 4.73 Å². The van der Waals surface area contributed by atoms with Gasteiger partial charge in [0.1, 0.15) is 6.10 Å². The summed E-state index contributed by atoms with van der Waals surface area (Å²) in [5, 5.41) is 4.39. The van der Waals surface area contributed by atoms with Gasteiger partial charge in [0.25, 0.3) is 0 Å². The van der Waals surface area contributed by atoms with Gasteiger partial charge in [0, 0.05) is 13.5 Å². The van der Waals surface area contributed by atoms with Crippen molar-refractivity contribution in [3.8, 4) is 0 Å². The first-order valence-electron chi connectivity index (χ1n) is 5.49. The predicted molar refractivity (Wildman–Crippen MR) is 66.7 cm³/mol. The fourth-order valence-corrected chi connectivity index (χ4v) is 2.67. The zero-order valence-corrected chi connectivity index (χ0v) is 11.0. The van der Waals surface area contributed by atoms with Crippen LogP contribution in [0.1, 0.15) is 30.0 Å². The third-order valence-electron chi connectivity index (χ3n) is 3.12. The fraction of sp³-hybridized carbons (Fsp3) is 0.333. The summed E-state index contributed by atoms with van der Waals surface area (Å²) in [6.07, 6.45) is 0.919. The highest BCUT2D eigenvalue weighted by molar-refractivity contribution is 9.10. The molecule has 0 amide bonds. The Labute approximate surface area is 108 Å². The number of hydrogen-bond donors (Lipinski definition) is 0. The Morgan fingerprint density at radius 2 is 2.12 bits per heavy atom. The maximum atomic E-state index is 5.46. The average Bonchev–Trinajstić information content (AvgIpc) is 2.87. The molecule has 1 aliphatic heterocycles. The van der Waals surface area contributed by atoms with Crippen molar-refractivity contribution < 1.29 is 4.74 Å². The molecule has 2 atom stereocenters. The van der Waals surface area contributed by atoms with Crippen molar-refractivity contribution in [1.82, 2.24) is 14.8 Å². The number of ether oxygens (including phenoxy) is 1. The molecule has 1 aliphatic rings. The predicted octanol–water partition coefficient (Wildman–Crippen LogP) is 2.72. The molecule has 17 heavy (non-hydrogen) atoms. The zero-order chi connectivity index (χ0) is 11.8. The Morgan fingerprint density at radius 1 is 1.35 bits per heavy atom. The smallest absolute Gasteiger partial charge is 0.217 e. The monoisotopic (exact) mass is 293 g/mol. The summed E-state index contributed by atoms with van der Waals surface area (Å²) in [6.45, 7) is 0. The summed E-state index contributed by atoms with van der Waals surface area (Å²) in [5.74, 6) is 0.897. The molecule has 0 bridgehead atoms. The lowest BCUT2D eigenvalue weighted by molar-refractivity contribution is 0.0991. The molecule has 0 radical (unpaired) electrons. The number of methoxy groups -OCH3 is 1. The molecular weight excluding hydrogens is 282 g/mol. The van der Waals surface area contributed by atoms with Crippen molar-refractivity contribution in [1.29, 1.82) is 0 Å². The zero-order valence-electron chi connectivity index (χ0n) is 9.38. The minimum Gasteiger partial charge on any atom is -0.373 e. The first kappa shape index (κ1) is 10.9. The molecule has 88 valence electrons. The van der Waals surface area contributed by atoms with Crippen LogP contribution < -0.4 is 0 Å². The fourth-order valence-electron chi connectivity index (χ4n) is 2.32. The Bertz CT molecular complexity index is 526. The van der Waals surface area contributed by atoms with E-state index in [9.17, 15) is 0 Å². The molecule has 5 heteroatoms. The highest BCUT2D eigenvalue weighted by Crippen LogP contribution is 2.39. The number of aromatic nitrogens is 3. The average molecular weight is 294 g/mol. The van der Waals surface area contributed by atoms with Crippen molar-refractivity contribution in [2.45, 2.75) is 18.6 Å². The van der Waals surface area contributed by atoms with Crippen LogP contribution in [0, 0.1) is 0 Å². The van der Waals surface area contributed by atoms with Crippen molar-refractivity contribution in [3.05, 3.63) is 46.5 Å². The van der Waals surface area contributed by atoms with E-state index in [1.54, 1.807) is 7.11 Å². The maximum absolute atomic E-state index is 5.46. The summed E-state index contributed by atoms with van der Waals surface area (Å²) in [7, 11) is 1.71. The van der Waals surface area contributed by atoms with Crippen molar-refractivity contribution >= 4 is 15.9 Å². The highest BCUT2D eigenvalue weighted by Gasteiger charge is 2.34. The highest BCUT2D eigenvalue weighted by atomic mass is 79.9. The molecule has 3 rings (SSSR count). The van der Waals surface area contributed by atoms with Gasteiger partial charge < -0.3 is 4.74 Å². The lowest BCUT2D eigenvalue weighted by atomic mass is 10.0. The summed E-state index contributed by atoms with van der Waals surface area (Å²) in [6, 6.07) is 10.5. The molecule has 4 nitrogen and oxygen atoms in total.